The molecule has 0 unspecified atom stereocenters. The third-order valence-electron chi connectivity index (χ3n) is 2.40. The maximum Gasteiger partial charge on any atom is 0.148 e. The van der Waals surface area contributed by atoms with Gasteiger partial charge in [-0.05, 0) is 30.7 Å². The predicted molar refractivity (Wildman–Crippen MR) is 69.3 cm³/mol. The molecule has 0 heterocycles. The van der Waals surface area contributed by atoms with E-state index < -0.39 is 9.84 Å². The maximum absolute atomic E-state index is 10.9. The Morgan fingerprint density at radius 3 is 2.35 bits per heavy atom. The second kappa shape index (κ2) is 6.61. The van der Waals surface area contributed by atoms with Crippen LogP contribution in [0.1, 0.15) is 5.56 Å². The van der Waals surface area contributed by atoms with Crippen molar-refractivity contribution >= 4 is 9.84 Å². The standard InChI is InChI=1S/C12H19NO3S/c1-16-12-5-3-11(4-6-12)7-8-13-9-10-17(2,14)15/h3-6,13H,7-10H2,1-2H3. The van der Waals surface area contributed by atoms with Crippen LogP contribution in [0.3, 0.4) is 0 Å². The van der Waals surface area contributed by atoms with Crippen molar-refractivity contribution in [3.05, 3.63) is 29.8 Å². The highest BCUT2D eigenvalue weighted by Gasteiger charge is 2.00. The molecule has 0 amide bonds. The van der Waals surface area contributed by atoms with E-state index in [0.717, 1.165) is 18.7 Å². The Hall–Kier alpha value is -1.07. The molecular weight excluding hydrogens is 238 g/mol. The first-order chi connectivity index (χ1) is 8.01. The highest BCUT2D eigenvalue weighted by molar-refractivity contribution is 7.90. The Bertz CT molecular complexity index is 426. The summed E-state index contributed by atoms with van der Waals surface area (Å²) in [6.45, 7) is 1.29. The van der Waals surface area contributed by atoms with Gasteiger partial charge in [0, 0.05) is 12.8 Å². The lowest BCUT2D eigenvalue weighted by Gasteiger charge is -2.05. The van der Waals surface area contributed by atoms with Gasteiger partial charge in [-0.2, -0.15) is 0 Å². The zero-order valence-corrected chi connectivity index (χ0v) is 11.1. The molecule has 0 saturated heterocycles. The number of benzene rings is 1. The summed E-state index contributed by atoms with van der Waals surface area (Å²) in [6, 6.07) is 7.87. The summed E-state index contributed by atoms with van der Waals surface area (Å²) in [5.41, 5.74) is 1.21. The van der Waals surface area contributed by atoms with Gasteiger partial charge in [-0.1, -0.05) is 12.1 Å². The zero-order chi connectivity index (χ0) is 12.7. The summed E-state index contributed by atoms with van der Waals surface area (Å²) in [5.74, 6) is 1.04. The Labute approximate surface area is 103 Å². The van der Waals surface area contributed by atoms with Crippen molar-refractivity contribution < 1.29 is 13.2 Å². The molecule has 1 rings (SSSR count). The maximum atomic E-state index is 10.9. The quantitative estimate of drug-likeness (QED) is 0.737. The van der Waals surface area contributed by atoms with E-state index >= 15 is 0 Å². The molecule has 0 saturated carbocycles. The first kappa shape index (κ1) is 14.0. The molecule has 1 N–H and O–H groups in total. The van der Waals surface area contributed by atoms with Crippen molar-refractivity contribution in [3.63, 3.8) is 0 Å². The third-order valence-corrected chi connectivity index (χ3v) is 3.34. The summed E-state index contributed by atoms with van der Waals surface area (Å²) in [4.78, 5) is 0. The molecule has 4 nitrogen and oxygen atoms in total. The minimum Gasteiger partial charge on any atom is -0.497 e. The monoisotopic (exact) mass is 257 g/mol. The van der Waals surface area contributed by atoms with Gasteiger partial charge in [-0.25, -0.2) is 8.42 Å². The Kier molecular flexibility index (Phi) is 5.44. The molecule has 0 aromatic heterocycles. The van der Waals surface area contributed by atoms with E-state index in [4.69, 9.17) is 4.74 Å². The van der Waals surface area contributed by atoms with E-state index in [1.54, 1.807) is 7.11 Å². The fraction of sp³-hybridized carbons (Fsp3) is 0.500. The van der Waals surface area contributed by atoms with E-state index in [2.05, 4.69) is 5.32 Å². The molecule has 1 aromatic rings. The number of nitrogens with one attached hydrogen (secondary N) is 1. The fourth-order valence-corrected chi connectivity index (χ4v) is 1.92. The van der Waals surface area contributed by atoms with Crippen LogP contribution >= 0.6 is 0 Å². The van der Waals surface area contributed by atoms with E-state index in [0.29, 0.717) is 6.54 Å². The smallest absolute Gasteiger partial charge is 0.148 e. The zero-order valence-electron chi connectivity index (χ0n) is 10.3. The van der Waals surface area contributed by atoms with Crippen molar-refractivity contribution in [1.29, 1.82) is 0 Å². The molecule has 17 heavy (non-hydrogen) atoms. The molecule has 0 fully saturated rings. The lowest BCUT2D eigenvalue weighted by atomic mass is 10.1. The van der Waals surface area contributed by atoms with Crippen LogP contribution in [0.5, 0.6) is 5.75 Å². The molecule has 0 aliphatic rings. The second-order valence-electron chi connectivity index (χ2n) is 3.98. The molecule has 0 radical (unpaired) electrons. The minimum absolute atomic E-state index is 0.190. The van der Waals surface area contributed by atoms with Crippen LogP contribution in [0, 0.1) is 0 Å². The van der Waals surface area contributed by atoms with Crippen LogP contribution in [-0.4, -0.2) is 40.6 Å². The van der Waals surface area contributed by atoms with E-state index in [1.807, 2.05) is 24.3 Å². The second-order valence-corrected chi connectivity index (χ2v) is 6.24. The fourth-order valence-electron chi connectivity index (χ4n) is 1.41. The lowest BCUT2D eigenvalue weighted by molar-refractivity contribution is 0.414. The molecular formula is C12H19NO3S. The molecule has 0 aliphatic carbocycles. The highest BCUT2D eigenvalue weighted by atomic mass is 32.2. The average Bonchev–Trinajstić information content (AvgIpc) is 2.28. The molecule has 0 aliphatic heterocycles. The van der Waals surface area contributed by atoms with Crippen LogP contribution in [0.15, 0.2) is 24.3 Å². The SMILES string of the molecule is COc1ccc(CCNCCS(C)(=O)=O)cc1. The molecule has 96 valence electrons. The average molecular weight is 257 g/mol. The number of rotatable bonds is 7. The van der Waals surface area contributed by atoms with Gasteiger partial charge in [0.15, 0.2) is 0 Å². The van der Waals surface area contributed by atoms with E-state index in [1.165, 1.54) is 11.8 Å². The molecule has 5 heteroatoms. The van der Waals surface area contributed by atoms with Crippen molar-refractivity contribution in [2.45, 2.75) is 6.42 Å². The largest absolute Gasteiger partial charge is 0.497 e. The van der Waals surface area contributed by atoms with Crippen LogP contribution in [-0.2, 0) is 16.3 Å². The van der Waals surface area contributed by atoms with Crippen molar-refractivity contribution in [3.8, 4) is 5.75 Å². The van der Waals surface area contributed by atoms with Crippen molar-refractivity contribution in [2.24, 2.45) is 0 Å². The van der Waals surface area contributed by atoms with Gasteiger partial charge in [-0.3, -0.25) is 0 Å². The third kappa shape index (κ3) is 6.28. The molecule has 0 spiro atoms. The molecule has 1 aromatic carbocycles. The van der Waals surface area contributed by atoms with Gasteiger partial charge in [-0.15, -0.1) is 0 Å². The van der Waals surface area contributed by atoms with Crippen LogP contribution in [0.2, 0.25) is 0 Å². The Morgan fingerprint density at radius 2 is 1.82 bits per heavy atom. The first-order valence-corrected chi connectivity index (χ1v) is 7.59. The number of ether oxygens (including phenoxy) is 1. The molecule has 0 bridgehead atoms. The van der Waals surface area contributed by atoms with Crippen LogP contribution < -0.4 is 10.1 Å². The topological polar surface area (TPSA) is 55.4 Å². The minimum atomic E-state index is -2.86. The lowest BCUT2D eigenvalue weighted by Crippen LogP contribution is -2.24. The number of sulfone groups is 1. The summed E-state index contributed by atoms with van der Waals surface area (Å²) in [5, 5.41) is 3.11. The van der Waals surface area contributed by atoms with Gasteiger partial charge in [0.25, 0.3) is 0 Å². The van der Waals surface area contributed by atoms with Gasteiger partial charge < -0.3 is 10.1 Å². The summed E-state index contributed by atoms with van der Waals surface area (Å²) in [6.07, 6.45) is 2.13. The summed E-state index contributed by atoms with van der Waals surface area (Å²) >= 11 is 0. The summed E-state index contributed by atoms with van der Waals surface area (Å²) in [7, 11) is -1.22. The van der Waals surface area contributed by atoms with Crippen LogP contribution in [0.25, 0.3) is 0 Å². The van der Waals surface area contributed by atoms with Gasteiger partial charge >= 0.3 is 0 Å². The number of hydrogen-bond donors (Lipinski definition) is 1. The normalized spacial score (nSPS) is 11.4. The van der Waals surface area contributed by atoms with Gasteiger partial charge in [0.2, 0.25) is 0 Å². The van der Waals surface area contributed by atoms with E-state index in [9.17, 15) is 8.42 Å². The number of hydrogen-bond acceptors (Lipinski definition) is 4. The molecule has 0 atom stereocenters. The van der Waals surface area contributed by atoms with Crippen LogP contribution in [0.4, 0.5) is 0 Å². The highest BCUT2D eigenvalue weighted by Crippen LogP contribution is 2.11. The predicted octanol–water partition coefficient (Wildman–Crippen LogP) is 0.872. The van der Waals surface area contributed by atoms with E-state index in [-0.39, 0.29) is 5.75 Å². The van der Waals surface area contributed by atoms with Gasteiger partial charge in [0.1, 0.15) is 15.6 Å². The number of methoxy groups -OCH3 is 1. The van der Waals surface area contributed by atoms with Gasteiger partial charge in [0.05, 0.1) is 12.9 Å². The summed E-state index contributed by atoms with van der Waals surface area (Å²) < 4.78 is 26.8. The first-order valence-electron chi connectivity index (χ1n) is 5.52. The Balaban J connectivity index is 2.22. The van der Waals surface area contributed by atoms with Crippen molar-refractivity contribution in [2.75, 3.05) is 32.2 Å². The van der Waals surface area contributed by atoms with Crippen molar-refractivity contribution in [1.82, 2.24) is 5.32 Å². The Morgan fingerprint density at radius 1 is 1.18 bits per heavy atom.